The minimum Gasteiger partial charge on any atom is -0.550 e. The van der Waals surface area contributed by atoms with Crippen LogP contribution in [0.15, 0.2) is 0 Å². The fraction of sp³-hybridized carbons (Fsp3) is 0.971. The molecule has 0 saturated carbocycles. The predicted molar refractivity (Wildman–Crippen MR) is 322 cm³/mol. The first-order valence-electron chi connectivity index (χ1n) is 33.7. The summed E-state index contributed by atoms with van der Waals surface area (Å²) in [6, 6.07) is 0. The molecule has 0 heterocycles. The van der Waals surface area contributed by atoms with Crippen LogP contribution in [0, 0.1) is 10.8 Å². The van der Waals surface area contributed by atoms with Crippen LogP contribution in [-0.4, -0.2) is 49.7 Å². The summed E-state index contributed by atoms with van der Waals surface area (Å²) in [5, 5.41) is 24.8. The van der Waals surface area contributed by atoms with E-state index in [1.807, 2.05) is 0 Å². The molecule has 5 heteroatoms. The number of rotatable bonds is 60. The average Bonchev–Trinajstić information content (AvgIpc) is 3.37. The molecule has 0 fully saturated rings. The van der Waals surface area contributed by atoms with Gasteiger partial charge in [0.15, 0.2) is 0 Å². The van der Waals surface area contributed by atoms with Gasteiger partial charge in [0.1, 0.15) is 0 Å². The molecule has 0 aromatic rings. The van der Waals surface area contributed by atoms with Crippen molar-refractivity contribution in [3.05, 3.63) is 0 Å². The van der Waals surface area contributed by atoms with Gasteiger partial charge in [0.05, 0.1) is 0 Å². The molecule has 0 unspecified atom stereocenters. The quantitative estimate of drug-likeness (QED) is 0.0449. The summed E-state index contributed by atoms with van der Waals surface area (Å²) < 4.78 is 0. The monoisotopic (exact) mass is 1050 g/mol. The van der Waals surface area contributed by atoms with Crippen LogP contribution >= 0.6 is 0 Å². The number of hydrogen-bond donors (Lipinski definition) is 0. The van der Waals surface area contributed by atoms with Crippen LogP contribution in [0.25, 0.3) is 0 Å². The Morgan fingerprint density at radius 3 is 0.397 bits per heavy atom. The van der Waals surface area contributed by atoms with Gasteiger partial charge in [0.2, 0.25) is 0 Å². The Balaban J connectivity index is -0.00000132. The number of hydrogen-bond acceptors (Lipinski definition) is 4. The van der Waals surface area contributed by atoms with E-state index in [1.54, 1.807) is 0 Å². The maximum atomic E-state index is 12.4. The Morgan fingerprint density at radius 1 is 0.205 bits per heavy atom. The zero-order valence-corrected chi connectivity index (χ0v) is 53.6. The van der Waals surface area contributed by atoms with E-state index in [2.05, 4.69) is 41.5 Å². The van der Waals surface area contributed by atoms with Gasteiger partial charge in [-0.15, -0.1) is 0 Å². The third kappa shape index (κ3) is 52.7. The number of aliphatic carboxylic acids is 2. The smallest absolute Gasteiger partial charge is 0.550 e. The van der Waals surface area contributed by atoms with Crippen molar-refractivity contribution in [2.24, 2.45) is 10.8 Å². The first-order chi connectivity index (χ1) is 35.3. The Hall–Kier alpha value is 0.200. The summed E-state index contributed by atoms with van der Waals surface area (Å²) >= 11 is 0. The van der Waals surface area contributed by atoms with Crippen molar-refractivity contribution in [3.63, 3.8) is 0 Å². The fourth-order valence-corrected chi connectivity index (χ4v) is 11.7. The molecule has 0 N–H and O–H groups in total. The standard InChI is InChI=1S/2C34H68O2.Ca/c2*1-4-7-10-13-16-17-18-19-20-21-22-23-26-29-32-34(33(35)36,30-27-24-14-11-8-5-2)31-28-25-15-12-9-6-3;/h2*4-32H2,1-3H3,(H,35,36);/q;;+2/p-2. The molecule has 0 aliphatic heterocycles. The number of carbonyl (C=O) groups is 2. The Bertz CT molecular complexity index is 947. The molecule has 0 aromatic heterocycles. The van der Waals surface area contributed by atoms with Gasteiger partial charge in [0, 0.05) is 22.8 Å². The van der Waals surface area contributed by atoms with Gasteiger partial charge in [0.25, 0.3) is 0 Å². The third-order valence-corrected chi connectivity index (χ3v) is 16.9. The predicted octanol–water partition coefficient (Wildman–Crippen LogP) is 21.8. The second-order valence-corrected chi connectivity index (χ2v) is 23.9. The Kier molecular flexibility index (Phi) is 66.9. The minimum atomic E-state index is -0.751. The summed E-state index contributed by atoms with van der Waals surface area (Å²) in [5.74, 6) is -1.50. The van der Waals surface area contributed by atoms with Gasteiger partial charge in [-0.3, -0.25) is 0 Å². The number of unbranched alkanes of at least 4 members (excludes halogenated alkanes) is 46. The van der Waals surface area contributed by atoms with E-state index in [0.717, 1.165) is 77.0 Å². The Morgan fingerprint density at radius 2 is 0.301 bits per heavy atom. The molecule has 4 nitrogen and oxygen atoms in total. The third-order valence-electron chi connectivity index (χ3n) is 16.9. The number of carboxylic acid groups (broad SMARTS) is 2. The van der Waals surface area contributed by atoms with E-state index in [0.29, 0.717) is 0 Å². The molecule has 0 amide bonds. The van der Waals surface area contributed by atoms with Crippen LogP contribution in [0.5, 0.6) is 0 Å². The minimum absolute atomic E-state index is 0. The van der Waals surface area contributed by atoms with E-state index in [1.165, 1.54) is 295 Å². The van der Waals surface area contributed by atoms with E-state index >= 15 is 0 Å². The zero-order valence-electron chi connectivity index (χ0n) is 51.4. The first-order valence-corrected chi connectivity index (χ1v) is 33.7. The van der Waals surface area contributed by atoms with Crippen LogP contribution in [-0.2, 0) is 9.59 Å². The van der Waals surface area contributed by atoms with Crippen molar-refractivity contribution in [1.29, 1.82) is 0 Å². The summed E-state index contributed by atoms with van der Waals surface area (Å²) in [7, 11) is 0. The van der Waals surface area contributed by atoms with E-state index in [9.17, 15) is 19.8 Å². The normalized spacial score (nSPS) is 11.7. The zero-order chi connectivity index (χ0) is 53.2. The number of carboxylic acids is 2. The topological polar surface area (TPSA) is 80.3 Å². The fourth-order valence-electron chi connectivity index (χ4n) is 11.7. The molecular formula is C68H134CaO4. The summed E-state index contributed by atoms with van der Waals surface area (Å²) in [6.07, 6.45) is 72.3. The first kappa shape index (κ1) is 77.4. The van der Waals surface area contributed by atoms with Crippen molar-refractivity contribution in [1.82, 2.24) is 0 Å². The van der Waals surface area contributed by atoms with Gasteiger partial charge >= 0.3 is 37.7 Å². The summed E-state index contributed by atoms with van der Waals surface area (Å²) in [6.45, 7) is 13.6. The molecule has 0 radical (unpaired) electrons. The molecule has 0 saturated heterocycles. The molecule has 0 aliphatic rings. The van der Waals surface area contributed by atoms with E-state index in [4.69, 9.17) is 0 Å². The van der Waals surface area contributed by atoms with Crippen LogP contribution < -0.4 is 10.2 Å². The van der Waals surface area contributed by atoms with Crippen molar-refractivity contribution in [2.75, 3.05) is 0 Å². The molecule has 0 aromatic carbocycles. The Labute approximate surface area is 490 Å². The SMILES string of the molecule is CCCCCCCCCCCCCCCCC(CCCCCCCC)(CCCCCCCC)C(=O)[O-].CCCCCCCCCCCCCCCCC(CCCCCCCC)(CCCCCCCC)C(=O)[O-].[Ca+2]. The van der Waals surface area contributed by atoms with E-state index in [-0.39, 0.29) is 37.7 Å². The molecule has 73 heavy (non-hydrogen) atoms. The van der Waals surface area contributed by atoms with Crippen molar-refractivity contribution >= 4 is 49.7 Å². The van der Waals surface area contributed by atoms with Crippen molar-refractivity contribution in [2.45, 2.75) is 414 Å². The van der Waals surface area contributed by atoms with Crippen LogP contribution in [0.3, 0.4) is 0 Å². The molecule has 0 atom stereocenters. The summed E-state index contributed by atoms with van der Waals surface area (Å²) in [4.78, 5) is 24.8. The number of carbonyl (C=O) groups excluding carboxylic acids is 2. The molecule has 0 spiro atoms. The van der Waals surface area contributed by atoms with Gasteiger partial charge in [-0.2, -0.15) is 0 Å². The largest absolute Gasteiger partial charge is 2.00 e. The van der Waals surface area contributed by atoms with Crippen LogP contribution in [0.2, 0.25) is 0 Å². The molecular weight excluding hydrogens is 921 g/mol. The maximum Gasteiger partial charge on any atom is 2.00 e. The van der Waals surface area contributed by atoms with E-state index < -0.39 is 22.8 Å². The molecule has 0 aliphatic carbocycles. The maximum absolute atomic E-state index is 12.4. The van der Waals surface area contributed by atoms with Crippen LogP contribution in [0.4, 0.5) is 0 Å². The second kappa shape index (κ2) is 63.0. The molecule has 0 rings (SSSR count). The van der Waals surface area contributed by atoms with Crippen molar-refractivity contribution < 1.29 is 19.8 Å². The van der Waals surface area contributed by atoms with Gasteiger partial charge in [-0.25, -0.2) is 0 Å². The summed E-state index contributed by atoms with van der Waals surface area (Å²) in [5.41, 5.74) is -1.13. The van der Waals surface area contributed by atoms with Crippen molar-refractivity contribution in [3.8, 4) is 0 Å². The van der Waals surface area contributed by atoms with Gasteiger partial charge in [-0.1, -0.05) is 375 Å². The second-order valence-electron chi connectivity index (χ2n) is 23.9. The van der Waals surface area contributed by atoms with Crippen LogP contribution in [0.1, 0.15) is 414 Å². The van der Waals surface area contributed by atoms with Gasteiger partial charge in [-0.05, 0) is 38.5 Å². The molecule has 432 valence electrons. The molecule has 0 bridgehead atoms. The average molecular weight is 1060 g/mol. The van der Waals surface area contributed by atoms with Gasteiger partial charge < -0.3 is 19.8 Å².